The van der Waals surface area contributed by atoms with Crippen molar-refractivity contribution in [3.05, 3.63) is 65.2 Å². The summed E-state index contributed by atoms with van der Waals surface area (Å²) in [5.41, 5.74) is 2.16. The second-order valence-corrected chi connectivity index (χ2v) is 5.71. The van der Waals surface area contributed by atoms with E-state index in [1.165, 1.54) is 0 Å². The third-order valence-corrected chi connectivity index (χ3v) is 4.15. The van der Waals surface area contributed by atoms with Gasteiger partial charge in [-0.15, -0.1) is 0 Å². The second kappa shape index (κ2) is 7.29. The van der Waals surface area contributed by atoms with Crippen molar-refractivity contribution in [2.24, 2.45) is 0 Å². The Morgan fingerprint density at radius 2 is 1.78 bits per heavy atom. The summed E-state index contributed by atoms with van der Waals surface area (Å²) in [6, 6.07) is 15.2. The van der Waals surface area contributed by atoms with Gasteiger partial charge in [-0.3, -0.25) is 4.79 Å². The van der Waals surface area contributed by atoms with E-state index in [2.05, 4.69) is 0 Å². The van der Waals surface area contributed by atoms with Crippen LogP contribution in [0.5, 0.6) is 5.75 Å². The SMILES string of the molecule is O=C(c1cccc(OCc2ccccc2)c1CO)N1CCCC1. The van der Waals surface area contributed by atoms with Gasteiger partial charge in [0.05, 0.1) is 6.61 Å². The molecule has 0 saturated carbocycles. The first-order chi connectivity index (χ1) is 11.3. The number of likely N-dealkylation sites (tertiary alicyclic amines) is 1. The highest BCUT2D eigenvalue weighted by molar-refractivity contribution is 5.96. The Kier molecular flexibility index (Phi) is 4.93. The maximum absolute atomic E-state index is 12.6. The molecule has 4 heteroatoms. The minimum atomic E-state index is -0.208. The first-order valence-electron chi connectivity index (χ1n) is 7.98. The number of amides is 1. The fraction of sp³-hybridized carbons (Fsp3) is 0.316. The van der Waals surface area contributed by atoms with Gasteiger partial charge >= 0.3 is 0 Å². The molecule has 4 nitrogen and oxygen atoms in total. The number of benzene rings is 2. The van der Waals surface area contributed by atoms with Gasteiger partial charge in [0.1, 0.15) is 12.4 Å². The van der Waals surface area contributed by atoms with Crippen LogP contribution < -0.4 is 4.74 Å². The number of hydrogen-bond acceptors (Lipinski definition) is 3. The van der Waals surface area contributed by atoms with Crippen LogP contribution in [0.4, 0.5) is 0 Å². The molecule has 0 atom stereocenters. The van der Waals surface area contributed by atoms with Crippen LogP contribution in [0.25, 0.3) is 0 Å². The van der Waals surface area contributed by atoms with Crippen molar-refractivity contribution in [1.29, 1.82) is 0 Å². The summed E-state index contributed by atoms with van der Waals surface area (Å²) >= 11 is 0. The maximum Gasteiger partial charge on any atom is 0.254 e. The molecule has 1 fully saturated rings. The number of rotatable bonds is 5. The molecule has 120 valence electrons. The number of hydrogen-bond donors (Lipinski definition) is 1. The summed E-state index contributed by atoms with van der Waals surface area (Å²) in [6.07, 6.45) is 2.09. The van der Waals surface area contributed by atoms with E-state index < -0.39 is 0 Å². The van der Waals surface area contributed by atoms with Gasteiger partial charge in [-0.25, -0.2) is 0 Å². The molecule has 0 aliphatic carbocycles. The van der Waals surface area contributed by atoms with Crippen LogP contribution in [-0.2, 0) is 13.2 Å². The first kappa shape index (κ1) is 15.6. The smallest absolute Gasteiger partial charge is 0.254 e. The Hall–Kier alpha value is -2.33. The van der Waals surface area contributed by atoms with Crippen LogP contribution in [0, 0.1) is 0 Å². The van der Waals surface area contributed by atoms with Gasteiger partial charge in [0.2, 0.25) is 0 Å². The monoisotopic (exact) mass is 311 g/mol. The molecule has 0 spiro atoms. The summed E-state index contributed by atoms with van der Waals surface area (Å²) in [5, 5.41) is 9.74. The van der Waals surface area contributed by atoms with E-state index in [-0.39, 0.29) is 12.5 Å². The van der Waals surface area contributed by atoms with E-state index in [1.54, 1.807) is 12.1 Å². The third kappa shape index (κ3) is 3.54. The zero-order valence-electron chi connectivity index (χ0n) is 13.1. The van der Waals surface area contributed by atoms with Gasteiger partial charge in [-0.1, -0.05) is 36.4 Å². The number of carbonyl (C=O) groups is 1. The van der Waals surface area contributed by atoms with Crippen LogP contribution in [-0.4, -0.2) is 29.0 Å². The molecule has 0 unspecified atom stereocenters. The van der Waals surface area contributed by atoms with Crippen molar-refractivity contribution >= 4 is 5.91 Å². The lowest BCUT2D eigenvalue weighted by molar-refractivity contribution is 0.0788. The van der Waals surface area contributed by atoms with E-state index in [0.29, 0.717) is 23.5 Å². The molecule has 0 bridgehead atoms. The van der Waals surface area contributed by atoms with Gasteiger partial charge in [0.15, 0.2) is 0 Å². The Morgan fingerprint density at radius 3 is 2.48 bits per heavy atom. The molecular weight excluding hydrogens is 290 g/mol. The normalized spacial score (nSPS) is 14.0. The van der Waals surface area contributed by atoms with E-state index in [1.807, 2.05) is 41.3 Å². The average molecular weight is 311 g/mol. The number of aliphatic hydroxyl groups excluding tert-OH is 1. The number of carbonyl (C=O) groups excluding carboxylic acids is 1. The minimum absolute atomic E-state index is 0.0169. The average Bonchev–Trinajstić information content (AvgIpc) is 3.14. The summed E-state index contributed by atoms with van der Waals surface area (Å²) in [4.78, 5) is 14.5. The minimum Gasteiger partial charge on any atom is -0.489 e. The molecule has 0 aromatic heterocycles. The molecule has 23 heavy (non-hydrogen) atoms. The van der Waals surface area contributed by atoms with Crippen molar-refractivity contribution in [1.82, 2.24) is 4.90 Å². The Morgan fingerprint density at radius 1 is 1.04 bits per heavy atom. The Labute approximate surface area is 136 Å². The molecule has 1 heterocycles. The van der Waals surface area contributed by atoms with Gasteiger partial charge in [-0.05, 0) is 30.5 Å². The van der Waals surface area contributed by atoms with E-state index in [4.69, 9.17) is 4.74 Å². The van der Waals surface area contributed by atoms with Crippen LogP contribution in [0.3, 0.4) is 0 Å². The standard InChI is InChI=1S/C19H21NO3/c21-13-17-16(19(22)20-11-4-5-12-20)9-6-10-18(17)23-14-15-7-2-1-3-8-15/h1-3,6-10,21H,4-5,11-14H2. The van der Waals surface area contributed by atoms with Crippen LogP contribution >= 0.6 is 0 Å². The van der Waals surface area contributed by atoms with Gasteiger partial charge in [0.25, 0.3) is 5.91 Å². The fourth-order valence-electron chi connectivity index (χ4n) is 2.89. The van der Waals surface area contributed by atoms with Crippen LogP contribution in [0.15, 0.2) is 48.5 Å². The zero-order valence-corrected chi connectivity index (χ0v) is 13.1. The molecule has 1 aliphatic heterocycles. The number of nitrogens with zero attached hydrogens (tertiary/aromatic N) is 1. The topological polar surface area (TPSA) is 49.8 Å². The van der Waals surface area contributed by atoms with Crippen molar-refractivity contribution in [2.75, 3.05) is 13.1 Å². The fourth-order valence-corrected chi connectivity index (χ4v) is 2.89. The Balaban J connectivity index is 1.80. The van der Waals surface area contributed by atoms with Crippen molar-refractivity contribution < 1.29 is 14.6 Å². The highest BCUT2D eigenvalue weighted by Crippen LogP contribution is 2.26. The predicted molar refractivity (Wildman–Crippen MR) is 88.3 cm³/mol. The highest BCUT2D eigenvalue weighted by atomic mass is 16.5. The first-order valence-corrected chi connectivity index (χ1v) is 7.98. The van der Waals surface area contributed by atoms with E-state index in [0.717, 1.165) is 31.5 Å². The summed E-state index contributed by atoms with van der Waals surface area (Å²) in [5.74, 6) is 0.554. The Bertz CT molecular complexity index is 664. The third-order valence-electron chi connectivity index (χ3n) is 4.15. The van der Waals surface area contributed by atoms with Crippen molar-refractivity contribution in [3.63, 3.8) is 0 Å². The zero-order chi connectivity index (χ0) is 16.1. The molecule has 3 rings (SSSR count). The molecule has 1 saturated heterocycles. The number of ether oxygens (including phenoxy) is 1. The van der Waals surface area contributed by atoms with E-state index >= 15 is 0 Å². The predicted octanol–water partition coefficient (Wildman–Crippen LogP) is 2.99. The quantitative estimate of drug-likeness (QED) is 0.923. The summed E-state index contributed by atoms with van der Waals surface area (Å²) < 4.78 is 5.84. The van der Waals surface area contributed by atoms with Crippen molar-refractivity contribution in [2.45, 2.75) is 26.1 Å². The second-order valence-electron chi connectivity index (χ2n) is 5.71. The maximum atomic E-state index is 12.6. The van der Waals surface area contributed by atoms with Gasteiger partial charge in [0, 0.05) is 24.2 Å². The molecular formula is C19H21NO3. The van der Waals surface area contributed by atoms with E-state index in [9.17, 15) is 9.90 Å². The number of aliphatic hydroxyl groups is 1. The largest absolute Gasteiger partial charge is 0.489 e. The van der Waals surface area contributed by atoms with Crippen LogP contribution in [0.1, 0.15) is 34.3 Å². The lowest BCUT2D eigenvalue weighted by Crippen LogP contribution is -2.28. The molecule has 1 amide bonds. The lowest BCUT2D eigenvalue weighted by Gasteiger charge is -2.19. The van der Waals surface area contributed by atoms with Crippen molar-refractivity contribution in [3.8, 4) is 5.75 Å². The summed E-state index contributed by atoms with van der Waals surface area (Å²) in [6.45, 7) is 1.78. The lowest BCUT2D eigenvalue weighted by atomic mass is 10.1. The highest BCUT2D eigenvalue weighted by Gasteiger charge is 2.23. The molecule has 1 N–H and O–H groups in total. The van der Waals surface area contributed by atoms with Gasteiger partial charge in [-0.2, -0.15) is 0 Å². The van der Waals surface area contributed by atoms with Gasteiger partial charge < -0.3 is 14.7 Å². The molecule has 1 aliphatic rings. The molecule has 2 aromatic carbocycles. The van der Waals surface area contributed by atoms with Crippen LogP contribution in [0.2, 0.25) is 0 Å². The molecule has 0 radical (unpaired) electrons. The molecule has 2 aromatic rings. The summed E-state index contributed by atoms with van der Waals surface area (Å²) in [7, 11) is 0.